The van der Waals surface area contributed by atoms with Crippen molar-refractivity contribution in [3.8, 4) is 23.0 Å². The van der Waals surface area contributed by atoms with Crippen molar-refractivity contribution >= 4 is 39.8 Å². The lowest BCUT2D eigenvalue weighted by Crippen LogP contribution is -2.35. The summed E-state index contributed by atoms with van der Waals surface area (Å²) in [5.41, 5.74) is 0.859. The van der Waals surface area contributed by atoms with Crippen LogP contribution in [-0.2, 0) is 4.79 Å². The van der Waals surface area contributed by atoms with E-state index in [2.05, 4.69) is 23.9 Å². The minimum Gasteiger partial charge on any atom is -0.497 e. The van der Waals surface area contributed by atoms with E-state index in [0.717, 1.165) is 23.0 Å². The van der Waals surface area contributed by atoms with Gasteiger partial charge in [0.2, 0.25) is 5.17 Å². The van der Waals surface area contributed by atoms with Crippen LogP contribution in [0.15, 0.2) is 58.1 Å². The first-order valence-corrected chi connectivity index (χ1v) is 12.8. The first-order valence-electron chi connectivity index (χ1n) is 12.0. The van der Waals surface area contributed by atoms with Gasteiger partial charge in [-0.15, -0.1) is 0 Å². The standard InChI is InChI=1S/C27H30N4O5S/c1-5-34-23-16-18(6-11-22(23)36-13-12-35-20-9-7-19(33-4)8-10-20)15-21-25(28)31-27(29-26(21)32)37-24(30-31)14-17(2)3/h6-11,15-17,28H,5,12-14H2,1-4H3/b21-15+,28-25?. The molecular formula is C27H30N4O5S. The van der Waals surface area contributed by atoms with E-state index < -0.39 is 5.91 Å². The van der Waals surface area contributed by atoms with E-state index in [1.807, 2.05) is 31.2 Å². The van der Waals surface area contributed by atoms with Gasteiger partial charge in [0.15, 0.2) is 17.3 Å². The van der Waals surface area contributed by atoms with Crippen molar-refractivity contribution in [2.45, 2.75) is 27.2 Å². The summed E-state index contributed by atoms with van der Waals surface area (Å²) in [7, 11) is 1.62. The van der Waals surface area contributed by atoms with Crippen molar-refractivity contribution in [2.75, 3.05) is 26.9 Å². The van der Waals surface area contributed by atoms with Gasteiger partial charge in [0.05, 0.1) is 19.3 Å². The Morgan fingerprint density at radius 2 is 1.76 bits per heavy atom. The van der Waals surface area contributed by atoms with Crippen LogP contribution in [0.2, 0.25) is 0 Å². The number of thioether (sulfide) groups is 1. The Labute approximate surface area is 220 Å². The van der Waals surface area contributed by atoms with Crippen LogP contribution < -0.4 is 18.9 Å². The van der Waals surface area contributed by atoms with Crippen LogP contribution in [0.1, 0.15) is 32.8 Å². The highest BCUT2D eigenvalue weighted by atomic mass is 32.2. The third kappa shape index (κ3) is 6.51. The molecule has 0 radical (unpaired) electrons. The summed E-state index contributed by atoms with van der Waals surface area (Å²) in [5.74, 6) is 2.55. The van der Waals surface area contributed by atoms with Crippen LogP contribution in [-0.4, -0.2) is 53.9 Å². The van der Waals surface area contributed by atoms with E-state index in [1.54, 1.807) is 31.4 Å². The zero-order valence-corrected chi connectivity index (χ0v) is 22.1. The monoisotopic (exact) mass is 522 g/mol. The quantitative estimate of drug-likeness (QED) is 0.319. The maximum atomic E-state index is 12.7. The Morgan fingerprint density at radius 1 is 1.03 bits per heavy atom. The third-order valence-electron chi connectivity index (χ3n) is 5.33. The smallest absolute Gasteiger partial charge is 0.283 e. The molecule has 2 aromatic carbocycles. The Morgan fingerprint density at radius 3 is 2.46 bits per heavy atom. The Bertz CT molecular complexity index is 1250. The summed E-state index contributed by atoms with van der Waals surface area (Å²) in [6.45, 7) is 7.19. The molecule has 0 bridgehead atoms. The summed E-state index contributed by atoms with van der Waals surface area (Å²) in [5, 5.41) is 15.8. The number of carbonyl (C=O) groups excluding carboxylic acids is 1. The third-order valence-corrected chi connectivity index (χ3v) is 6.26. The first-order chi connectivity index (χ1) is 17.9. The number of benzene rings is 2. The number of aliphatic imine (C=N–C) groups is 1. The molecule has 0 fully saturated rings. The molecule has 0 atom stereocenters. The molecule has 2 aromatic rings. The number of fused-ring (bicyclic) bond motifs is 1. The number of hydrazone groups is 1. The van der Waals surface area contributed by atoms with E-state index in [-0.39, 0.29) is 11.4 Å². The van der Waals surface area contributed by atoms with Crippen molar-refractivity contribution in [1.29, 1.82) is 5.41 Å². The zero-order valence-electron chi connectivity index (χ0n) is 21.3. The van der Waals surface area contributed by atoms with Crippen molar-refractivity contribution in [2.24, 2.45) is 16.0 Å². The predicted molar refractivity (Wildman–Crippen MR) is 146 cm³/mol. The minimum absolute atomic E-state index is 0.00947. The highest BCUT2D eigenvalue weighted by Crippen LogP contribution is 2.33. The van der Waals surface area contributed by atoms with E-state index in [4.69, 9.17) is 24.4 Å². The van der Waals surface area contributed by atoms with E-state index in [0.29, 0.717) is 48.0 Å². The average Bonchev–Trinajstić information content (AvgIpc) is 3.27. The Hall–Kier alpha value is -3.79. The largest absolute Gasteiger partial charge is 0.497 e. The first kappa shape index (κ1) is 26.3. The molecule has 0 aromatic heterocycles. The van der Waals surface area contributed by atoms with Crippen molar-refractivity contribution in [3.63, 3.8) is 0 Å². The molecule has 2 aliphatic rings. The molecule has 194 valence electrons. The maximum Gasteiger partial charge on any atom is 0.283 e. The predicted octanol–water partition coefficient (Wildman–Crippen LogP) is 5.22. The molecular weight excluding hydrogens is 492 g/mol. The molecule has 0 saturated carbocycles. The Balaban J connectivity index is 1.44. The SMILES string of the molecule is CCOc1cc(/C=C2\C(=N)N3N=C(CC(C)C)SC3=NC2=O)ccc1OCCOc1ccc(OC)cc1. The second-order valence-corrected chi connectivity index (χ2v) is 9.66. The molecule has 2 heterocycles. The van der Waals surface area contributed by atoms with E-state index in [1.165, 1.54) is 16.8 Å². The summed E-state index contributed by atoms with van der Waals surface area (Å²) in [6.07, 6.45) is 2.40. The maximum absolute atomic E-state index is 12.7. The lowest BCUT2D eigenvalue weighted by molar-refractivity contribution is -0.114. The van der Waals surface area contributed by atoms with Gasteiger partial charge in [-0.1, -0.05) is 19.9 Å². The Kier molecular flexibility index (Phi) is 8.50. The van der Waals surface area contributed by atoms with E-state index in [9.17, 15) is 4.79 Å². The molecule has 9 nitrogen and oxygen atoms in total. The fraction of sp³-hybridized carbons (Fsp3) is 0.333. The van der Waals surface area contributed by atoms with Gasteiger partial charge in [0.25, 0.3) is 5.91 Å². The van der Waals surface area contributed by atoms with Gasteiger partial charge in [-0.2, -0.15) is 15.1 Å². The number of amides is 1. The number of hydrogen-bond acceptors (Lipinski definition) is 8. The van der Waals surface area contributed by atoms with Gasteiger partial charge in [-0.25, -0.2) is 0 Å². The van der Waals surface area contributed by atoms with E-state index >= 15 is 0 Å². The second kappa shape index (κ2) is 12.0. The molecule has 1 N–H and O–H groups in total. The van der Waals surface area contributed by atoms with Crippen molar-refractivity contribution in [3.05, 3.63) is 53.6 Å². The number of rotatable bonds is 11. The number of amidine groups is 2. The zero-order chi connectivity index (χ0) is 26.4. The lowest BCUT2D eigenvalue weighted by atomic mass is 10.1. The second-order valence-electron chi connectivity index (χ2n) is 8.62. The minimum atomic E-state index is -0.460. The molecule has 1 amide bonds. The van der Waals surface area contributed by atoms with Crippen LogP contribution >= 0.6 is 11.8 Å². The number of methoxy groups -OCH3 is 1. The summed E-state index contributed by atoms with van der Waals surface area (Å²) < 4.78 is 22.5. The highest BCUT2D eigenvalue weighted by molar-refractivity contribution is 8.26. The highest BCUT2D eigenvalue weighted by Gasteiger charge is 2.35. The molecule has 4 rings (SSSR count). The summed E-state index contributed by atoms with van der Waals surface area (Å²) >= 11 is 1.34. The fourth-order valence-corrected chi connectivity index (χ4v) is 4.71. The molecule has 10 heteroatoms. The molecule has 37 heavy (non-hydrogen) atoms. The van der Waals surface area contributed by atoms with Gasteiger partial charge in [-0.05, 0) is 72.6 Å². The van der Waals surface area contributed by atoms with Crippen LogP contribution in [0.5, 0.6) is 23.0 Å². The number of ether oxygens (including phenoxy) is 4. The number of carbonyl (C=O) groups is 1. The molecule has 0 spiro atoms. The van der Waals surface area contributed by atoms with Crippen LogP contribution in [0.4, 0.5) is 0 Å². The fourth-order valence-electron chi connectivity index (χ4n) is 3.62. The molecule has 0 aliphatic carbocycles. The number of nitrogens with one attached hydrogen (secondary N) is 1. The average molecular weight is 523 g/mol. The molecule has 2 aliphatic heterocycles. The van der Waals surface area contributed by atoms with Gasteiger partial charge in [-0.3, -0.25) is 10.2 Å². The molecule has 0 saturated heterocycles. The van der Waals surface area contributed by atoms with Crippen molar-refractivity contribution in [1.82, 2.24) is 5.01 Å². The van der Waals surface area contributed by atoms with Crippen molar-refractivity contribution < 1.29 is 23.7 Å². The summed E-state index contributed by atoms with van der Waals surface area (Å²) in [6, 6.07) is 12.7. The van der Waals surface area contributed by atoms with Gasteiger partial charge in [0, 0.05) is 6.42 Å². The topological polar surface area (TPSA) is 106 Å². The number of nitrogens with zero attached hydrogens (tertiary/aromatic N) is 3. The van der Waals surface area contributed by atoms with Gasteiger partial charge < -0.3 is 18.9 Å². The van der Waals surface area contributed by atoms with Crippen LogP contribution in [0.3, 0.4) is 0 Å². The van der Waals surface area contributed by atoms with Crippen LogP contribution in [0.25, 0.3) is 6.08 Å². The van der Waals surface area contributed by atoms with Gasteiger partial charge in [0.1, 0.15) is 29.8 Å². The van der Waals surface area contributed by atoms with Gasteiger partial charge >= 0.3 is 0 Å². The summed E-state index contributed by atoms with van der Waals surface area (Å²) in [4.78, 5) is 16.9. The lowest BCUT2D eigenvalue weighted by Gasteiger charge is -2.20. The van der Waals surface area contributed by atoms with Crippen LogP contribution in [0, 0.1) is 11.3 Å². The number of hydrogen-bond donors (Lipinski definition) is 1. The normalized spacial score (nSPS) is 16.0. The molecule has 0 unspecified atom stereocenters.